The van der Waals surface area contributed by atoms with E-state index in [9.17, 15) is 0 Å². The van der Waals surface area contributed by atoms with Crippen molar-refractivity contribution in [1.29, 1.82) is 0 Å². The second kappa shape index (κ2) is 7.58. The number of rotatable bonds is 7. The molecule has 0 aromatic heterocycles. The summed E-state index contributed by atoms with van der Waals surface area (Å²) in [6.45, 7) is 9.46. The van der Waals surface area contributed by atoms with E-state index in [1.54, 1.807) is 10.4 Å². The maximum atomic E-state index is 2.48. The number of allylic oxidation sites excluding steroid dienone is 2. The van der Waals surface area contributed by atoms with Crippen LogP contribution < -0.4 is 5.19 Å². The van der Waals surface area contributed by atoms with Crippen molar-refractivity contribution < 1.29 is 0 Å². The molecule has 0 aliphatic rings. The molecule has 0 heterocycles. The van der Waals surface area contributed by atoms with E-state index in [4.69, 9.17) is 0 Å². The summed E-state index contributed by atoms with van der Waals surface area (Å²) in [5.74, 6) is 0. The molecule has 0 N–H and O–H groups in total. The molecule has 0 amide bonds. The zero-order valence-corrected chi connectivity index (χ0v) is 13.5. The van der Waals surface area contributed by atoms with Gasteiger partial charge < -0.3 is 0 Å². The third-order valence-corrected chi connectivity index (χ3v) is 7.87. The summed E-state index contributed by atoms with van der Waals surface area (Å²) < 4.78 is 0. The predicted molar refractivity (Wildman–Crippen MR) is 86.1 cm³/mol. The highest BCUT2D eigenvalue weighted by molar-refractivity contribution is 6.95. The molecule has 18 heavy (non-hydrogen) atoms. The van der Waals surface area contributed by atoms with Crippen LogP contribution in [0.1, 0.15) is 46.0 Å². The first-order valence-corrected chi connectivity index (χ1v) is 10.3. The Morgan fingerprint density at radius 1 is 1.06 bits per heavy atom. The van der Waals surface area contributed by atoms with Crippen LogP contribution in [0.5, 0.6) is 0 Å². The summed E-state index contributed by atoms with van der Waals surface area (Å²) in [5.41, 5.74) is 0. The lowest BCUT2D eigenvalue weighted by molar-refractivity contribution is 0.670. The van der Waals surface area contributed by atoms with Crippen LogP contribution in [0.15, 0.2) is 41.6 Å². The van der Waals surface area contributed by atoms with E-state index in [1.165, 1.54) is 32.1 Å². The second-order valence-corrected chi connectivity index (χ2v) is 10.1. The van der Waals surface area contributed by atoms with Gasteiger partial charge in [-0.15, -0.1) is 0 Å². The zero-order chi connectivity index (χ0) is 13.4. The molecule has 0 aliphatic carbocycles. The normalized spacial score (nSPS) is 12.8. The summed E-state index contributed by atoms with van der Waals surface area (Å²) in [4.78, 5) is 0. The molecule has 1 aromatic carbocycles. The van der Waals surface area contributed by atoms with Gasteiger partial charge in [-0.2, -0.15) is 0 Å². The van der Waals surface area contributed by atoms with Gasteiger partial charge in [-0.1, -0.05) is 86.1 Å². The minimum Gasteiger partial charge on any atom is -0.0919 e. The van der Waals surface area contributed by atoms with Crippen LogP contribution in [-0.2, 0) is 0 Å². The fraction of sp³-hybridized carbons (Fsp3) is 0.529. The smallest absolute Gasteiger partial charge is 0.0919 e. The molecule has 0 radical (unpaired) electrons. The lowest BCUT2D eigenvalue weighted by Crippen LogP contribution is -2.43. The highest BCUT2D eigenvalue weighted by Gasteiger charge is 2.26. The quantitative estimate of drug-likeness (QED) is 0.475. The standard InChI is InChI=1S/C17H28Si/c1-5-7-8-10-13-16(6-2)18(3,4)17-14-11-9-12-15-17/h6,9,11-12,14-15H,5,7-8,10,13H2,1-4H3/b16-6-. The van der Waals surface area contributed by atoms with Crippen molar-refractivity contribution in [3.63, 3.8) is 0 Å². The van der Waals surface area contributed by atoms with E-state index in [-0.39, 0.29) is 0 Å². The molecule has 100 valence electrons. The molecule has 0 bridgehead atoms. The fourth-order valence-corrected chi connectivity index (χ4v) is 5.52. The number of hydrogen-bond acceptors (Lipinski definition) is 0. The van der Waals surface area contributed by atoms with Crippen molar-refractivity contribution in [2.45, 2.75) is 59.0 Å². The summed E-state index contributed by atoms with van der Waals surface area (Å²) in [7, 11) is -1.41. The van der Waals surface area contributed by atoms with Crippen molar-refractivity contribution in [1.82, 2.24) is 0 Å². The monoisotopic (exact) mass is 260 g/mol. The molecule has 0 nitrogen and oxygen atoms in total. The Balaban J connectivity index is 2.69. The molecular formula is C17H28Si. The molecule has 0 saturated carbocycles. The first-order valence-electron chi connectivity index (χ1n) is 7.34. The van der Waals surface area contributed by atoms with E-state index in [0.717, 1.165) is 0 Å². The molecule has 0 fully saturated rings. The van der Waals surface area contributed by atoms with E-state index in [0.29, 0.717) is 0 Å². The number of benzene rings is 1. The zero-order valence-electron chi connectivity index (χ0n) is 12.5. The fourth-order valence-electron chi connectivity index (χ4n) is 2.60. The van der Waals surface area contributed by atoms with E-state index < -0.39 is 8.07 Å². The maximum Gasteiger partial charge on any atom is 0.107 e. The van der Waals surface area contributed by atoms with Crippen LogP contribution in [0.3, 0.4) is 0 Å². The molecule has 0 unspecified atom stereocenters. The van der Waals surface area contributed by atoms with Gasteiger partial charge in [-0.25, -0.2) is 0 Å². The highest BCUT2D eigenvalue weighted by atomic mass is 28.3. The minimum absolute atomic E-state index is 1.30. The van der Waals surface area contributed by atoms with Gasteiger partial charge in [0, 0.05) is 0 Å². The SMILES string of the molecule is C/C=C(/CCCCCC)[Si](C)(C)c1ccccc1. The van der Waals surface area contributed by atoms with Gasteiger partial charge in [-0.05, 0) is 19.8 Å². The Morgan fingerprint density at radius 3 is 2.28 bits per heavy atom. The highest BCUT2D eigenvalue weighted by Crippen LogP contribution is 2.21. The van der Waals surface area contributed by atoms with Crippen molar-refractivity contribution in [3.05, 3.63) is 41.6 Å². The van der Waals surface area contributed by atoms with Crippen LogP contribution >= 0.6 is 0 Å². The lowest BCUT2D eigenvalue weighted by Gasteiger charge is -2.27. The number of hydrogen-bond donors (Lipinski definition) is 0. The van der Waals surface area contributed by atoms with Crippen LogP contribution in [0.4, 0.5) is 0 Å². The Hall–Kier alpha value is -0.823. The van der Waals surface area contributed by atoms with Crippen LogP contribution in [-0.4, -0.2) is 8.07 Å². The van der Waals surface area contributed by atoms with Gasteiger partial charge in [0.1, 0.15) is 8.07 Å². The van der Waals surface area contributed by atoms with Gasteiger partial charge in [-0.3, -0.25) is 0 Å². The Morgan fingerprint density at radius 2 is 1.72 bits per heavy atom. The average Bonchev–Trinajstić information content (AvgIpc) is 2.39. The first kappa shape index (κ1) is 15.2. The summed E-state index contributed by atoms with van der Waals surface area (Å²) in [5, 5.41) is 3.28. The third kappa shape index (κ3) is 4.13. The van der Waals surface area contributed by atoms with Crippen molar-refractivity contribution in [2.24, 2.45) is 0 Å². The molecule has 0 saturated heterocycles. The van der Waals surface area contributed by atoms with Gasteiger partial charge in [0.05, 0.1) is 0 Å². The number of unbranched alkanes of at least 4 members (excludes halogenated alkanes) is 3. The topological polar surface area (TPSA) is 0 Å². The van der Waals surface area contributed by atoms with E-state index in [1.807, 2.05) is 0 Å². The summed E-state index contributed by atoms with van der Waals surface area (Å²) in [6, 6.07) is 11.1. The van der Waals surface area contributed by atoms with Gasteiger partial charge in [0.25, 0.3) is 0 Å². The Kier molecular flexibility index (Phi) is 6.41. The Bertz CT molecular complexity index is 362. The molecule has 0 spiro atoms. The summed E-state index contributed by atoms with van der Waals surface area (Å²) in [6.07, 6.45) is 9.12. The molecule has 0 aliphatic heterocycles. The van der Waals surface area contributed by atoms with Gasteiger partial charge in [0.2, 0.25) is 0 Å². The molecular weight excluding hydrogens is 232 g/mol. The third-order valence-electron chi connectivity index (χ3n) is 3.95. The average molecular weight is 260 g/mol. The largest absolute Gasteiger partial charge is 0.107 e. The molecule has 1 rings (SSSR count). The molecule has 0 atom stereocenters. The maximum absolute atomic E-state index is 2.48. The van der Waals surface area contributed by atoms with Gasteiger partial charge in [0.15, 0.2) is 0 Å². The van der Waals surface area contributed by atoms with Crippen LogP contribution in [0.25, 0.3) is 0 Å². The predicted octanol–water partition coefficient (Wildman–Crippen LogP) is 5.06. The van der Waals surface area contributed by atoms with Crippen molar-refractivity contribution in [2.75, 3.05) is 0 Å². The first-order chi connectivity index (χ1) is 8.62. The van der Waals surface area contributed by atoms with Crippen LogP contribution in [0, 0.1) is 0 Å². The summed E-state index contributed by atoms with van der Waals surface area (Å²) >= 11 is 0. The van der Waals surface area contributed by atoms with E-state index in [2.05, 4.69) is 63.3 Å². The molecule has 1 aromatic rings. The lowest BCUT2D eigenvalue weighted by atomic mass is 10.1. The van der Waals surface area contributed by atoms with Crippen molar-refractivity contribution in [3.8, 4) is 0 Å². The van der Waals surface area contributed by atoms with Crippen molar-refractivity contribution >= 4 is 13.3 Å². The van der Waals surface area contributed by atoms with Crippen LogP contribution in [0.2, 0.25) is 13.1 Å². The minimum atomic E-state index is -1.41. The van der Waals surface area contributed by atoms with Gasteiger partial charge >= 0.3 is 0 Å². The molecule has 1 heteroatoms. The second-order valence-electron chi connectivity index (χ2n) is 5.62. The Labute approximate surface area is 114 Å². The van der Waals surface area contributed by atoms with E-state index >= 15 is 0 Å².